The third-order valence-corrected chi connectivity index (χ3v) is 4.79. The summed E-state index contributed by atoms with van der Waals surface area (Å²) in [6, 6.07) is 3.04. The Morgan fingerprint density at radius 3 is 2.86 bits per heavy atom. The first-order valence-corrected chi connectivity index (χ1v) is 5.52. The van der Waals surface area contributed by atoms with Gasteiger partial charge in [0.15, 0.2) is 0 Å². The Morgan fingerprint density at radius 2 is 2.21 bits per heavy atom. The second-order valence-electron chi connectivity index (χ2n) is 5.31. The van der Waals surface area contributed by atoms with E-state index in [0.717, 1.165) is 18.4 Å². The third kappa shape index (κ3) is 0.721. The summed E-state index contributed by atoms with van der Waals surface area (Å²) in [5.41, 5.74) is -0.211. The zero-order valence-corrected chi connectivity index (χ0v) is 8.83. The second-order valence-corrected chi connectivity index (χ2v) is 5.31. The smallest absolute Gasteiger partial charge is 0.127 e. The van der Waals surface area contributed by atoms with E-state index in [2.05, 4.69) is 30.4 Å². The van der Waals surface area contributed by atoms with E-state index in [-0.39, 0.29) is 5.54 Å². The fraction of sp³-hybridized carbons (Fsp3) is 0.909. The van der Waals surface area contributed by atoms with Gasteiger partial charge in [0.05, 0.1) is 6.07 Å². The van der Waals surface area contributed by atoms with Crippen molar-refractivity contribution < 1.29 is 0 Å². The molecule has 2 bridgehead atoms. The van der Waals surface area contributed by atoms with Crippen molar-refractivity contribution in [2.24, 2.45) is 17.8 Å². The average molecular weight is 191 g/mol. The highest BCUT2D eigenvalue weighted by molar-refractivity contribution is 5.29. The van der Waals surface area contributed by atoms with Crippen LogP contribution in [0.4, 0.5) is 0 Å². The molecule has 3 fully saturated rings. The molecule has 3 rings (SSSR count). The van der Waals surface area contributed by atoms with Crippen LogP contribution in [0.5, 0.6) is 0 Å². The topological polar surface area (TPSA) is 39.1 Å². The predicted octanol–water partition coefficient (Wildman–Crippen LogP) is 0.438. The second kappa shape index (κ2) is 2.50. The SMILES string of the molecule is CN(C)C1(C#N)C2CC3CNC1C3C2. The molecule has 2 saturated carbocycles. The van der Waals surface area contributed by atoms with Crippen LogP contribution >= 0.6 is 0 Å². The predicted molar refractivity (Wildman–Crippen MR) is 53.5 cm³/mol. The normalized spacial score (nSPS) is 54.1. The van der Waals surface area contributed by atoms with Gasteiger partial charge in [0.2, 0.25) is 0 Å². The van der Waals surface area contributed by atoms with Crippen LogP contribution in [0, 0.1) is 29.1 Å². The first-order valence-electron chi connectivity index (χ1n) is 5.52. The minimum absolute atomic E-state index is 0.211. The standard InChI is InChI=1S/C11H17N3/c1-14(2)11(6-12)8-3-7-5-13-10(11)9(7)4-8/h7-10,13H,3-5H2,1-2H3. The number of hydrogen-bond acceptors (Lipinski definition) is 3. The highest BCUT2D eigenvalue weighted by Gasteiger charge is 2.65. The van der Waals surface area contributed by atoms with Gasteiger partial charge >= 0.3 is 0 Å². The minimum atomic E-state index is -0.211. The number of nitrogens with one attached hydrogen (secondary N) is 1. The van der Waals surface area contributed by atoms with Gasteiger partial charge in [-0.2, -0.15) is 5.26 Å². The van der Waals surface area contributed by atoms with Crippen LogP contribution in [0.2, 0.25) is 0 Å². The van der Waals surface area contributed by atoms with Crippen molar-refractivity contribution in [3.05, 3.63) is 0 Å². The molecule has 0 spiro atoms. The molecule has 3 nitrogen and oxygen atoms in total. The van der Waals surface area contributed by atoms with Gasteiger partial charge in [0.1, 0.15) is 5.54 Å². The van der Waals surface area contributed by atoms with Crippen molar-refractivity contribution in [1.29, 1.82) is 5.26 Å². The van der Waals surface area contributed by atoms with Gasteiger partial charge in [-0.05, 0) is 51.2 Å². The quantitative estimate of drug-likeness (QED) is 0.653. The van der Waals surface area contributed by atoms with Gasteiger partial charge in [-0.25, -0.2) is 0 Å². The highest BCUT2D eigenvalue weighted by atomic mass is 15.2. The van der Waals surface area contributed by atoms with Crippen molar-refractivity contribution in [2.75, 3.05) is 20.6 Å². The lowest BCUT2D eigenvalue weighted by Gasteiger charge is -2.41. The summed E-state index contributed by atoms with van der Waals surface area (Å²) in [6.07, 6.45) is 2.54. The molecule has 0 amide bonds. The van der Waals surface area contributed by atoms with Crippen LogP contribution < -0.4 is 5.32 Å². The molecule has 5 atom stereocenters. The maximum absolute atomic E-state index is 9.50. The van der Waals surface area contributed by atoms with Crippen molar-refractivity contribution in [2.45, 2.75) is 24.4 Å². The fourth-order valence-electron chi connectivity index (χ4n) is 4.23. The number of fused-ring (bicyclic) bond motifs is 1. The maximum atomic E-state index is 9.50. The van der Waals surface area contributed by atoms with E-state index in [1.54, 1.807) is 0 Å². The van der Waals surface area contributed by atoms with Crippen LogP contribution in [0.25, 0.3) is 0 Å². The third-order valence-electron chi connectivity index (χ3n) is 4.79. The molecule has 1 aliphatic heterocycles. The van der Waals surface area contributed by atoms with E-state index in [9.17, 15) is 5.26 Å². The molecule has 14 heavy (non-hydrogen) atoms. The molecule has 3 heteroatoms. The summed E-state index contributed by atoms with van der Waals surface area (Å²) in [4.78, 5) is 2.15. The van der Waals surface area contributed by atoms with E-state index >= 15 is 0 Å². The Labute approximate surface area is 85.1 Å². The molecule has 1 heterocycles. The van der Waals surface area contributed by atoms with Crippen molar-refractivity contribution >= 4 is 0 Å². The van der Waals surface area contributed by atoms with Crippen LogP contribution in [-0.2, 0) is 0 Å². The van der Waals surface area contributed by atoms with Crippen LogP contribution in [-0.4, -0.2) is 37.1 Å². The largest absolute Gasteiger partial charge is 0.311 e. The molecule has 0 aromatic carbocycles. The molecule has 76 valence electrons. The van der Waals surface area contributed by atoms with Crippen LogP contribution in [0.15, 0.2) is 0 Å². The van der Waals surface area contributed by atoms with Gasteiger partial charge in [0, 0.05) is 6.04 Å². The average Bonchev–Trinajstić information content (AvgIpc) is 2.71. The first-order chi connectivity index (χ1) is 6.70. The van der Waals surface area contributed by atoms with E-state index in [1.807, 2.05) is 0 Å². The monoisotopic (exact) mass is 191 g/mol. The van der Waals surface area contributed by atoms with E-state index in [1.165, 1.54) is 12.8 Å². The van der Waals surface area contributed by atoms with E-state index in [0.29, 0.717) is 12.0 Å². The number of nitrogens with zero attached hydrogens (tertiary/aromatic N) is 2. The Hall–Kier alpha value is -0.590. The van der Waals surface area contributed by atoms with Gasteiger partial charge in [-0.1, -0.05) is 0 Å². The number of likely N-dealkylation sites (N-methyl/N-ethyl adjacent to an activating group) is 1. The summed E-state index contributed by atoms with van der Waals surface area (Å²) in [6.45, 7) is 1.14. The van der Waals surface area contributed by atoms with Gasteiger partial charge in [0.25, 0.3) is 0 Å². The summed E-state index contributed by atoms with van der Waals surface area (Å²) in [5.74, 6) is 2.26. The minimum Gasteiger partial charge on any atom is -0.311 e. The molecular formula is C11H17N3. The van der Waals surface area contributed by atoms with Crippen molar-refractivity contribution in [1.82, 2.24) is 10.2 Å². The molecule has 0 radical (unpaired) electrons. The maximum Gasteiger partial charge on any atom is 0.127 e. The summed E-state index contributed by atoms with van der Waals surface area (Å²) < 4.78 is 0. The Kier molecular flexibility index (Phi) is 1.55. The number of rotatable bonds is 1. The lowest BCUT2D eigenvalue weighted by atomic mass is 9.76. The molecule has 2 aliphatic carbocycles. The van der Waals surface area contributed by atoms with E-state index in [4.69, 9.17) is 0 Å². The summed E-state index contributed by atoms with van der Waals surface area (Å²) in [7, 11) is 4.11. The van der Waals surface area contributed by atoms with Crippen LogP contribution in [0.3, 0.4) is 0 Å². The van der Waals surface area contributed by atoms with Gasteiger partial charge in [-0.3, -0.25) is 4.90 Å². The fourth-order valence-corrected chi connectivity index (χ4v) is 4.23. The molecule has 1 saturated heterocycles. The molecule has 3 aliphatic rings. The number of nitriles is 1. The molecule has 0 aromatic heterocycles. The van der Waals surface area contributed by atoms with Gasteiger partial charge < -0.3 is 5.32 Å². The molecule has 1 N–H and O–H groups in total. The Morgan fingerprint density at radius 1 is 1.43 bits per heavy atom. The lowest BCUT2D eigenvalue weighted by Crippen LogP contribution is -2.58. The van der Waals surface area contributed by atoms with Gasteiger partial charge in [-0.15, -0.1) is 0 Å². The summed E-state index contributed by atoms with van der Waals surface area (Å²) >= 11 is 0. The zero-order chi connectivity index (χ0) is 9.92. The Balaban J connectivity index is 2.06. The Bertz CT molecular complexity index is 304. The van der Waals surface area contributed by atoms with Crippen LogP contribution in [0.1, 0.15) is 12.8 Å². The lowest BCUT2D eigenvalue weighted by molar-refractivity contribution is 0.113. The summed E-state index contributed by atoms with van der Waals surface area (Å²) in [5, 5.41) is 13.1. The first kappa shape index (κ1) is 8.70. The molecule has 5 unspecified atom stereocenters. The zero-order valence-electron chi connectivity index (χ0n) is 8.83. The molecule has 0 aromatic rings. The van der Waals surface area contributed by atoms with E-state index < -0.39 is 0 Å². The molecular weight excluding hydrogens is 174 g/mol. The number of hydrogen-bond donors (Lipinski definition) is 1. The van der Waals surface area contributed by atoms with Crippen molar-refractivity contribution in [3.8, 4) is 6.07 Å². The van der Waals surface area contributed by atoms with Crippen molar-refractivity contribution in [3.63, 3.8) is 0 Å². The highest BCUT2D eigenvalue weighted by Crippen LogP contribution is 2.57.